The van der Waals surface area contributed by atoms with Gasteiger partial charge >= 0.3 is 0 Å². The number of amides is 2. The number of thioether (sulfide) groups is 1. The van der Waals surface area contributed by atoms with E-state index in [9.17, 15) is 9.59 Å². The molecule has 1 aromatic heterocycles. The molecule has 4 aromatic rings. The van der Waals surface area contributed by atoms with Crippen molar-refractivity contribution in [3.05, 3.63) is 106 Å². The second-order valence-electron chi connectivity index (χ2n) is 8.42. The zero-order chi connectivity index (χ0) is 25.8. The Bertz CT molecular complexity index is 1480. The lowest BCUT2D eigenvalue weighted by Crippen LogP contribution is -2.27. The minimum atomic E-state index is -0.353. The summed E-state index contributed by atoms with van der Waals surface area (Å²) in [6.45, 7) is 0.550. The predicted octanol–water partition coefficient (Wildman–Crippen LogP) is 5.43. The molecule has 0 radical (unpaired) electrons. The molecule has 1 fully saturated rings. The summed E-state index contributed by atoms with van der Waals surface area (Å²) >= 11 is 7.89. The fraction of sp³-hybridized carbons (Fsp3) is 0.143. The van der Waals surface area contributed by atoms with E-state index in [1.807, 2.05) is 65.6 Å². The summed E-state index contributed by atoms with van der Waals surface area (Å²) in [5.41, 5.74) is 6.33. The van der Waals surface area contributed by atoms with Gasteiger partial charge in [-0.2, -0.15) is 5.10 Å². The first kappa shape index (κ1) is 24.8. The standard InChI is InChI=1S/C28H23ClN4O3S/c1-36-23-12-11-21-13-22(26(29)31-24(21)14-23)15-30-32-27(35)19-7-9-20(10-8-19)28-33(25(34)17-37-28)16-18-5-3-2-4-6-18/h2-15,28H,16-17H2,1H3,(H,32,35)/b30-15-/t28-/m1/s1. The smallest absolute Gasteiger partial charge is 0.271 e. The lowest BCUT2D eigenvalue weighted by Gasteiger charge is -2.24. The van der Waals surface area contributed by atoms with E-state index in [0.717, 1.165) is 16.5 Å². The third kappa shape index (κ3) is 5.60. The number of methoxy groups -OCH3 is 1. The number of fused-ring (bicyclic) bond motifs is 1. The maximum Gasteiger partial charge on any atom is 0.271 e. The summed E-state index contributed by atoms with van der Waals surface area (Å²) in [6, 6.07) is 24.5. The number of benzene rings is 3. The molecule has 186 valence electrons. The van der Waals surface area contributed by atoms with Gasteiger partial charge in [0.1, 0.15) is 16.3 Å². The van der Waals surface area contributed by atoms with Crippen LogP contribution in [0.2, 0.25) is 5.15 Å². The monoisotopic (exact) mass is 530 g/mol. The molecule has 1 N–H and O–H groups in total. The van der Waals surface area contributed by atoms with E-state index >= 15 is 0 Å². The number of hydrogen-bond acceptors (Lipinski definition) is 6. The van der Waals surface area contributed by atoms with Crippen LogP contribution in [0.3, 0.4) is 0 Å². The van der Waals surface area contributed by atoms with Gasteiger partial charge in [-0.3, -0.25) is 9.59 Å². The second-order valence-corrected chi connectivity index (χ2v) is 9.85. The lowest BCUT2D eigenvalue weighted by atomic mass is 10.1. The normalized spacial score (nSPS) is 15.5. The maximum absolute atomic E-state index is 12.6. The van der Waals surface area contributed by atoms with Crippen LogP contribution in [0.1, 0.15) is 32.4 Å². The molecule has 0 aliphatic carbocycles. The molecule has 2 amide bonds. The van der Waals surface area contributed by atoms with Crippen LogP contribution in [-0.4, -0.2) is 40.8 Å². The molecular formula is C28H23ClN4O3S. The average Bonchev–Trinajstić information content (AvgIpc) is 3.28. The topological polar surface area (TPSA) is 83.9 Å². The van der Waals surface area contributed by atoms with Gasteiger partial charge in [0.25, 0.3) is 5.91 Å². The zero-order valence-corrected chi connectivity index (χ0v) is 21.5. The molecule has 9 heteroatoms. The number of halogens is 1. The van der Waals surface area contributed by atoms with Crippen molar-refractivity contribution in [2.45, 2.75) is 11.9 Å². The fourth-order valence-corrected chi connectivity index (χ4v) is 5.44. The van der Waals surface area contributed by atoms with Crippen molar-refractivity contribution < 1.29 is 14.3 Å². The summed E-state index contributed by atoms with van der Waals surface area (Å²) in [5.74, 6) is 0.885. The highest BCUT2D eigenvalue weighted by molar-refractivity contribution is 8.00. The minimum absolute atomic E-state index is 0.0923. The van der Waals surface area contributed by atoms with Gasteiger partial charge in [0.05, 0.1) is 24.6 Å². The quantitative estimate of drug-likeness (QED) is 0.195. The molecule has 0 saturated carbocycles. The van der Waals surface area contributed by atoms with E-state index in [2.05, 4.69) is 15.5 Å². The van der Waals surface area contributed by atoms with Crippen LogP contribution < -0.4 is 10.2 Å². The number of ether oxygens (including phenoxy) is 1. The van der Waals surface area contributed by atoms with E-state index in [1.165, 1.54) is 6.21 Å². The molecule has 3 aromatic carbocycles. The number of hydrogen-bond donors (Lipinski definition) is 1. The van der Waals surface area contributed by atoms with Crippen molar-refractivity contribution in [3.63, 3.8) is 0 Å². The van der Waals surface area contributed by atoms with Crippen molar-refractivity contribution in [1.29, 1.82) is 0 Å². The van der Waals surface area contributed by atoms with E-state index in [4.69, 9.17) is 16.3 Å². The third-order valence-corrected chi connectivity index (χ3v) is 7.56. The van der Waals surface area contributed by atoms with E-state index in [-0.39, 0.29) is 22.3 Å². The van der Waals surface area contributed by atoms with Crippen molar-refractivity contribution in [2.75, 3.05) is 12.9 Å². The molecule has 1 saturated heterocycles. The van der Waals surface area contributed by atoms with Crippen molar-refractivity contribution in [1.82, 2.24) is 15.3 Å². The SMILES string of the molecule is COc1ccc2cc(/C=N\NC(=O)c3ccc([C@H]4SCC(=O)N4Cc4ccccc4)cc3)c(Cl)nc2c1. The van der Waals surface area contributed by atoms with Crippen LogP contribution in [0.25, 0.3) is 10.9 Å². The van der Waals surface area contributed by atoms with E-state index < -0.39 is 0 Å². The Morgan fingerprint density at radius 3 is 2.70 bits per heavy atom. The van der Waals surface area contributed by atoms with Gasteiger partial charge in [-0.05, 0) is 41.5 Å². The van der Waals surface area contributed by atoms with Crippen LogP contribution in [0.15, 0.2) is 84.0 Å². The van der Waals surface area contributed by atoms with Crippen LogP contribution in [0, 0.1) is 0 Å². The number of nitrogens with zero attached hydrogens (tertiary/aromatic N) is 3. The Labute approximate surface area is 223 Å². The van der Waals surface area contributed by atoms with Crippen LogP contribution >= 0.6 is 23.4 Å². The lowest BCUT2D eigenvalue weighted by molar-refractivity contribution is -0.128. The largest absolute Gasteiger partial charge is 0.497 e. The summed E-state index contributed by atoms with van der Waals surface area (Å²) in [5, 5.41) is 5.11. The second kappa shape index (κ2) is 11.0. The zero-order valence-electron chi connectivity index (χ0n) is 19.9. The predicted molar refractivity (Wildman–Crippen MR) is 147 cm³/mol. The fourth-order valence-electron chi connectivity index (χ4n) is 4.06. The highest BCUT2D eigenvalue weighted by Gasteiger charge is 2.32. The number of carbonyl (C=O) groups excluding carboxylic acids is 2. The van der Waals surface area contributed by atoms with E-state index in [1.54, 1.807) is 37.1 Å². The molecule has 7 nitrogen and oxygen atoms in total. The molecule has 2 heterocycles. The molecule has 0 bridgehead atoms. The van der Waals surface area contributed by atoms with Gasteiger partial charge < -0.3 is 9.64 Å². The molecule has 5 rings (SSSR count). The van der Waals surface area contributed by atoms with Crippen molar-refractivity contribution in [3.8, 4) is 5.75 Å². The van der Waals surface area contributed by atoms with Gasteiger partial charge in [-0.15, -0.1) is 11.8 Å². The highest BCUT2D eigenvalue weighted by atomic mass is 35.5. The molecule has 0 spiro atoms. The Morgan fingerprint density at radius 1 is 1.16 bits per heavy atom. The van der Waals surface area contributed by atoms with Crippen LogP contribution in [0.4, 0.5) is 0 Å². The number of aromatic nitrogens is 1. The molecule has 0 unspecified atom stereocenters. The molecule has 1 aliphatic rings. The molecule has 1 aliphatic heterocycles. The maximum atomic E-state index is 12.6. The van der Waals surface area contributed by atoms with Gasteiger partial charge in [-0.25, -0.2) is 10.4 Å². The third-order valence-electron chi connectivity index (χ3n) is 6.00. The Balaban J connectivity index is 1.24. The molecular weight excluding hydrogens is 508 g/mol. The van der Waals surface area contributed by atoms with Crippen LogP contribution in [0.5, 0.6) is 5.75 Å². The highest BCUT2D eigenvalue weighted by Crippen LogP contribution is 2.39. The minimum Gasteiger partial charge on any atom is -0.497 e. The Kier molecular flexibility index (Phi) is 7.39. The summed E-state index contributed by atoms with van der Waals surface area (Å²) in [6.07, 6.45) is 1.47. The van der Waals surface area contributed by atoms with Crippen molar-refractivity contribution >= 4 is 52.3 Å². The van der Waals surface area contributed by atoms with Crippen LogP contribution in [-0.2, 0) is 11.3 Å². The number of pyridine rings is 1. The van der Waals surface area contributed by atoms with Gasteiger partial charge in [0.2, 0.25) is 5.91 Å². The van der Waals surface area contributed by atoms with Gasteiger partial charge in [0.15, 0.2) is 0 Å². The number of rotatable bonds is 7. The number of nitrogens with one attached hydrogen (secondary N) is 1. The first-order chi connectivity index (χ1) is 18.0. The summed E-state index contributed by atoms with van der Waals surface area (Å²) in [7, 11) is 1.59. The van der Waals surface area contributed by atoms with Crippen molar-refractivity contribution in [2.24, 2.45) is 5.10 Å². The van der Waals surface area contributed by atoms with E-state index in [0.29, 0.717) is 34.7 Å². The Morgan fingerprint density at radius 2 is 1.95 bits per heavy atom. The summed E-state index contributed by atoms with van der Waals surface area (Å²) < 4.78 is 5.22. The number of hydrazone groups is 1. The Hall–Kier alpha value is -3.88. The average molecular weight is 531 g/mol. The first-order valence-corrected chi connectivity index (χ1v) is 13.0. The molecule has 1 atom stereocenters. The summed E-state index contributed by atoms with van der Waals surface area (Å²) in [4.78, 5) is 31.4. The van der Waals surface area contributed by atoms with Gasteiger partial charge in [-0.1, -0.05) is 54.1 Å². The number of carbonyl (C=O) groups is 2. The van der Waals surface area contributed by atoms with Gasteiger partial charge in [0, 0.05) is 29.1 Å². The molecule has 37 heavy (non-hydrogen) atoms. The first-order valence-electron chi connectivity index (χ1n) is 11.5.